The third-order valence-corrected chi connectivity index (χ3v) is 4.97. The summed E-state index contributed by atoms with van der Waals surface area (Å²) in [4.78, 5) is 59.4. The normalized spacial score (nSPS) is 13.5. The van der Waals surface area contributed by atoms with Crippen molar-refractivity contribution in [3.05, 3.63) is 0 Å². The van der Waals surface area contributed by atoms with Crippen molar-refractivity contribution in [2.24, 2.45) is 17.2 Å². The van der Waals surface area contributed by atoms with E-state index in [1.165, 1.54) is 11.8 Å². The second-order valence-corrected chi connectivity index (χ2v) is 7.84. The van der Waals surface area contributed by atoms with Crippen LogP contribution in [0.1, 0.15) is 38.5 Å². The maximum Gasteiger partial charge on any atom is 0.326 e. The summed E-state index contributed by atoms with van der Waals surface area (Å²) >= 11 is 1.48. The van der Waals surface area contributed by atoms with Crippen molar-refractivity contribution < 1.29 is 29.1 Å². The Hall–Kier alpha value is -2.38. The molecular formula is C18H34N6O6S. The summed E-state index contributed by atoms with van der Waals surface area (Å²) in [5.74, 6) is -3.23. The van der Waals surface area contributed by atoms with Gasteiger partial charge in [0.15, 0.2) is 0 Å². The predicted octanol–water partition coefficient (Wildman–Crippen LogP) is -2.37. The Morgan fingerprint density at radius 2 is 1.45 bits per heavy atom. The lowest BCUT2D eigenvalue weighted by Gasteiger charge is -2.24. The smallest absolute Gasteiger partial charge is 0.326 e. The van der Waals surface area contributed by atoms with Crippen molar-refractivity contribution in [1.29, 1.82) is 0 Å². The molecule has 0 aliphatic carbocycles. The van der Waals surface area contributed by atoms with E-state index >= 15 is 0 Å². The quantitative estimate of drug-likeness (QED) is 0.115. The first-order valence-electron chi connectivity index (χ1n) is 9.96. The predicted molar refractivity (Wildman–Crippen MR) is 117 cm³/mol. The van der Waals surface area contributed by atoms with Gasteiger partial charge < -0.3 is 38.3 Å². The molecule has 0 fully saturated rings. The number of rotatable bonds is 17. The van der Waals surface area contributed by atoms with Crippen LogP contribution in [0.4, 0.5) is 0 Å². The first kappa shape index (κ1) is 28.6. The molecule has 178 valence electrons. The number of primary amides is 1. The number of carboxylic acids is 1. The molecule has 0 aromatic heterocycles. The van der Waals surface area contributed by atoms with Crippen LogP contribution in [0.2, 0.25) is 0 Å². The monoisotopic (exact) mass is 462 g/mol. The summed E-state index contributed by atoms with van der Waals surface area (Å²) < 4.78 is 0. The summed E-state index contributed by atoms with van der Waals surface area (Å²) in [6.07, 6.45) is 3.11. The molecule has 4 amide bonds. The lowest BCUT2D eigenvalue weighted by molar-refractivity contribution is -0.142. The fourth-order valence-corrected chi connectivity index (χ4v) is 3.08. The highest BCUT2D eigenvalue weighted by Gasteiger charge is 2.29. The average molecular weight is 463 g/mol. The van der Waals surface area contributed by atoms with Gasteiger partial charge in [0.2, 0.25) is 23.6 Å². The number of nitrogens with two attached hydrogens (primary N) is 3. The van der Waals surface area contributed by atoms with Gasteiger partial charge in [0, 0.05) is 6.42 Å². The maximum atomic E-state index is 12.7. The van der Waals surface area contributed by atoms with E-state index in [9.17, 15) is 29.1 Å². The van der Waals surface area contributed by atoms with E-state index in [1.54, 1.807) is 0 Å². The number of carbonyl (C=O) groups excluding carboxylic acids is 4. The summed E-state index contributed by atoms with van der Waals surface area (Å²) in [5, 5.41) is 16.7. The number of amides is 4. The number of hydrogen-bond donors (Lipinski definition) is 7. The molecule has 0 aliphatic heterocycles. The maximum absolute atomic E-state index is 12.7. The van der Waals surface area contributed by atoms with Gasteiger partial charge in [-0.1, -0.05) is 0 Å². The lowest BCUT2D eigenvalue weighted by atomic mass is 10.1. The van der Waals surface area contributed by atoms with E-state index < -0.39 is 47.7 Å². The highest BCUT2D eigenvalue weighted by Crippen LogP contribution is 2.07. The molecule has 0 aromatic carbocycles. The number of carbonyl (C=O) groups is 5. The lowest BCUT2D eigenvalue weighted by Crippen LogP contribution is -2.56. The zero-order valence-electron chi connectivity index (χ0n) is 17.7. The Kier molecular flexibility index (Phi) is 15.1. The van der Waals surface area contributed by atoms with Crippen molar-refractivity contribution in [3.63, 3.8) is 0 Å². The molecule has 31 heavy (non-hydrogen) atoms. The van der Waals surface area contributed by atoms with Crippen LogP contribution in [0, 0.1) is 0 Å². The van der Waals surface area contributed by atoms with Gasteiger partial charge in [-0.2, -0.15) is 11.8 Å². The van der Waals surface area contributed by atoms with Crippen LogP contribution in [0.25, 0.3) is 0 Å². The molecule has 3 unspecified atom stereocenters. The molecule has 0 spiro atoms. The summed E-state index contributed by atoms with van der Waals surface area (Å²) in [7, 11) is 0. The molecule has 0 aliphatic rings. The Balaban J connectivity index is 5.31. The third-order valence-electron chi connectivity index (χ3n) is 4.32. The topological polar surface area (TPSA) is 220 Å². The van der Waals surface area contributed by atoms with Crippen LogP contribution >= 0.6 is 11.8 Å². The van der Waals surface area contributed by atoms with E-state index in [2.05, 4.69) is 16.0 Å². The molecule has 12 nitrogen and oxygen atoms in total. The van der Waals surface area contributed by atoms with Crippen LogP contribution in [-0.4, -0.2) is 77.9 Å². The Morgan fingerprint density at radius 3 is 1.94 bits per heavy atom. The zero-order chi connectivity index (χ0) is 23.8. The minimum Gasteiger partial charge on any atom is -0.480 e. The molecule has 0 aromatic rings. The second kappa shape index (κ2) is 16.3. The van der Waals surface area contributed by atoms with Gasteiger partial charge >= 0.3 is 5.97 Å². The van der Waals surface area contributed by atoms with Gasteiger partial charge in [0.1, 0.15) is 18.1 Å². The van der Waals surface area contributed by atoms with Gasteiger partial charge in [-0.05, 0) is 50.7 Å². The van der Waals surface area contributed by atoms with Crippen molar-refractivity contribution in [3.8, 4) is 0 Å². The molecule has 0 saturated carbocycles. The summed E-state index contributed by atoms with van der Waals surface area (Å²) in [6.45, 7) is 0.102. The number of hydrogen-bond acceptors (Lipinski definition) is 8. The summed E-state index contributed by atoms with van der Waals surface area (Å²) in [5.41, 5.74) is 15.8. The van der Waals surface area contributed by atoms with Gasteiger partial charge in [-0.25, -0.2) is 4.79 Å². The van der Waals surface area contributed by atoms with E-state index in [-0.39, 0.29) is 25.8 Å². The van der Waals surface area contributed by atoms with Crippen molar-refractivity contribution in [2.75, 3.05) is 25.1 Å². The van der Waals surface area contributed by atoms with Crippen molar-refractivity contribution in [2.45, 2.75) is 56.7 Å². The van der Waals surface area contributed by atoms with Crippen LogP contribution in [0.5, 0.6) is 0 Å². The number of aliphatic carboxylic acids is 1. The Morgan fingerprint density at radius 1 is 0.871 bits per heavy atom. The summed E-state index contributed by atoms with van der Waals surface area (Å²) in [6, 6.07) is -3.27. The third kappa shape index (κ3) is 12.8. The molecule has 3 atom stereocenters. The second-order valence-electron chi connectivity index (χ2n) is 6.86. The van der Waals surface area contributed by atoms with Gasteiger partial charge in [0.25, 0.3) is 0 Å². The fourth-order valence-electron chi connectivity index (χ4n) is 2.61. The largest absolute Gasteiger partial charge is 0.480 e. The molecule has 0 heterocycles. The minimum atomic E-state index is -1.34. The first-order valence-corrected chi connectivity index (χ1v) is 11.4. The molecule has 13 heteroatoms. The zero-order valence-corrected chi connectivity index (χ0v) is 18.5. The number of carboxylic acid groups (broad SMARTS) is 1. The average Bonchev–Trinajstić information content (AvgIpc) is 2.72. The molecule has 0 rings (SSSR count). The van der Waals surface area contributed by atoms with Crippen molar-refractivity contribution >= 4 is 41.4 Å². The van der Waals surface area contributed by atoms with E-state index in [4.69, 9.17) is 17.2 Å². The molecular weight excluding hydrogens is 428 g/mol. The molecule has 0 radical (unpaired) electrons. The number of unbranched alkanes of at least 4 members (excludes halogenated alkanes) is 1. The van der Waals surface area contributed by atoms with Crippen molar-refractivity contribution in [1.82, 2.24) is 16.0 Å². The first-order chi connectivity index (χ1) is 14.7. The molecule has 10 N–H and O–H groups in total. The molecule has 0 bridgehead atoms. The van der Waals surface area contributed by atoms with E-state index in [0.717, 1.165) is 0 Å². The fraction of sp³-hybridized carbons (Fsp3) is 0.722. The number of thioether (sulfide) groups is 1. The Labute approximate surface area is 185 Å². The highest BCUT2D eigenvalue weighted by atomic mass is 32.2. The van der Waals surface area contributed by atoms with E-state index in [0.29, 0.717) is 31.6 Å². The highest BCUT2D eigenvalue weighted by molar-refractivity contribution is 7.98. The van der Waals surface area contributed by atoms with E-state index in [1.807, 2.05) is 6.26 Å². The SMILES string of the molecule is CSCCC(NC(=O)CN)C(=O)NC(CCCCN)C(=O)NC(CCC(N)=O)C(=O)O. The standard InChI is InChI=1S/C18H34N6O6S/c1-31-9-7-12(22-15(26)10-20)17(28)23-11(4-2-3-8-19)16(27)24-13(18(29)30)5-6-14(21)25/h11-13H,2-10,19-20H2,1H3,(H2,21,25)(H,22,26)(H,23,28)(H,24,27)(H,29,30). The van der Waals surface area contributed by atoms with Crippen LogP contribution in [0.15, 0.2) is 0 Å². The Bertz CT molecular complexity index is 620. The number of nitrogens with one attached hydrogen (secondary N) is 3. The molecule has 0 saturated heterocycles. The van der Waals surface area contributed by atoms with Crippen LogP contribution in [0.3, 0.4) is 0 Å². The van der Waals surface area contributed by atoms with Crippen LogP contribution in [-0.2, 0) is 24.0 Å². The van der Waals surface area contributed by atoms with Gasteiger partial charge in [0.05, 0.1) is 6.54 Å². The van der Waals surface area contributed by atoms with Gasteiger partial charge in [-0.3, -0.25) is 19.2 Å². The minimum absolute atomic E-state index is 0.178. The van der Waals surface area contributed by atoms with Crippen LogP contribution < -0.4 is 33.2 Å². The van der Waals surface area contributed by atoms with Gasteiger partial charge in [-0.15, -0.1) is 0 Å².